The molecule has 1 aromatic heterocycles. The maximum Gasteiger partial charge on any atom is 0.164 e. The van der Waals surface area contributed by atoms with E-state index in [4.69, 9.17) is 15.0 Å². The predicted molar refractivity (Wildman–Crippen MR) is 161 cm³/mol. The van der Waals surface area contributed by atoms with E-state index in [0.717, 1.165) is 44.5 Å². The number of benzene rings is 5. The zero-order valence-electron chi connectivity index (χ0n) is 22.3. The van der Waals surface area contributed by atoms with Crippen LogP contribution < -0.4 is 0 Å². The van der Waals surface area contributed by atoms with Gasteiger partial charge in [-0.3, -0.25) is 0 Å². The van der Waals surface area contributed by atoms with Gasteiger partial charge in [0.25, 0.3) is 0 Å². The second kappa shape index (κ2) is 11.1. The van der Waals surface area contributed by atoms with Crippen molar-refractivity contribution >= 4 is 0 Å². The van der Waals surface area contributed by atoms with Crippen LogP contribution in [0.1, 0.15) is 16.7 Å². The molecule has 0 aliphatic heterocycles. The van der Waals surface area contributed by atoms with Gasteiger partial charge in [-0.05, 0) is 65.6 Å². The van der Waals surface area contributed by atoms with Crippen LogP contribution in [-0.2, 0) is 0 Å². The molecular formula is C36H23N5. The van der Waals surface area contributed by atoms with Gasteiger partial charge in [-0.1, -0.05) is 90.5 Å². The van der Waals surface area contributed by atoms with E-state index in [0.29, 0.717) is 28.6 Å². The first-order valence-corrected chi connectivity index (χ1v) is 13.1. The Kier molecular flexibility index (Phi) is 6.85. The van der Waals surface area contributed by atoms with Crippen molar-refractivity contribution < 1.29 is 0 Å². The van der Waals surface area contributed by atoms with Crippen LogP contribution in [0.25, 0.3) is 56.4 Å². The van der Waals surface area contributed by atoms with Crippen LogP contribution in [0.2, 0.25) is 0 Å². The van der Waals surface area contributed by atoms with Crippen molar-refractivity contribution in [2.24, 2.45) is 0 Å². The predicted octanol–water partition coefficient (Wildman–Crippen LogP) is 8.26. The number of rotatable bonds is 5. The number of hydrogen-bond acceptors (Lipinski definition) is 5. The van der Waals surface area contributed by atoms with E-state index in [1.54, 1.807) is 6.07 Å². The summed E-state index contributed by atoms with van der Waals surface area (Å²) >= 11 is 0. The van der Waals surface area contributed by atoms with Gasteiger partial charge in [0.15, 0.2) is 17.5 Å². The van der Waals surface area contributed by atoms with Crippen molar-refractivity contribution in [2.75, 3.05) is 0 Å². The number of aromatic nitrogens is 3. The third-order valence-electron chi connectivity index (χ3n) is 6.81. The molecule has 0 N–H and O–H groups in total. The molecule has 41 heavy (non-hydrogen) atoms. The van der Waals surface area contributed by atoms with E-state index in [9.17, 15) is 10.5 Å². The van der Waals surface area contributed by atoms with Crippen LogP contribution in [0.15, 0.2) is 121 Å². The van der Waals surface area contributed by atoms with Gasteiger partial charge >= 0.3 is 0 Å². The van der Waals surface area contributed by atoms with Crippen LogP contribution in [0.3, 0.4) is 0 Å². The molecule has 0 spiro atoms. The molecule has 5 heteroatoms. The summed E-state index contributed by atoms with van der Waals surface area (Å²) in [5, 5.41) is 19.1. The molecule has 0 saturated heterocycles. The van der Waals surface area contributed by atoms with E-state index >= 15 is 0 Å². The molecule has 0 radical (unpaired) electrons. The highest BCUT2D eigenvalue weighted by molar-refractivity contribution is 5.76. The first kappa shape index (κ1) is 25.4. The van der Waals surface area contributed by atoms with E-state index in [2.05, 4.69) is 18.2 Å². The second-order valence-corrected chi connectivity index (χ2v) is 9.72. The Morgan fingerprint density at radius 1 is 0.415 bits per heavy atom. The van der Waals surface area contributed by atoms with Crippen LogP contribution in [0.4, 0.5) is 0 Å². The highest BCUT2D eigenvalue weighted by Crippen LogP contribution is 2.31. The summed E-state index contributed by atoms with van der Waals surface area (Å²) < 4.78 is 0. The van der Waals surface area contributed by atoms with Gasteiger partial charge in [0.2, 0.25) is 0 Å². The third kappa shape index (κ3) is 5.47. The van der Waals surface area contributed by atoms with Gasteiger partial charge in [-0.25, -0.2) is 15.0 Å². The average molecular weight is 526 g/mol. The fourth-order valence-electron chi connectivity index (χ4n) is 4.75. The second-order valence-electron chi connectivity index (χ2n) is 9.72. The van der Waals surface area contributed by atoms with Crippen molar-refractivity contribution in [3.05, 3.63) is 138 Å². The zero-order chi connectivity index (χ0) is 28.2. The molecule has 0 atom stereocenters. The normalized spacial score (nSPS) is 10.5. The van der Waals surface area contributed by atoms with Crippen LogP contribution in [-0.4, -0.2) is 15.0 Å². The number of nitrogens with zero attached hydrogens (tertiary/aromatic N) is 5. The third-order valence-corrected chi connectivity index (χ3v) is 6.81. The molecule has 5 nitrogen and oxygen atoms in total. The van der Waals surface area contributed by atoms with Gasteiger partial charge in [0, 0.05) is 16.7 Å². The quantitative estimate of drug-likeness (QED) is 0.226. The van der Waals surface area contributed by atoms with Gasteiger partial charge in [0.05, 0.1) is 23.3 Å². The molecule has 6 rings (SSSR count). The average Bonchev–Trinajstić information content (AvgIpc) is 3.05. The molecule has 0 amide bonds. The number of hydrogen-bond donors (Lipinski definition) is 0. The van der Waals surface area contributed by atoms with Crippen LogP contribution >= 0.6 is 0 Å². The van der Waals surface area contributed by atoms with Gasteiger partial charge in [-0.15, -0.1) is 0 Å². The van der Waals surface area contributed by atoms with Gasteiger partial charge in [-0.2, -0.15) is 10.5 Å². The molecule has 192 valence electrons. The molecule has 5 aromatic carbocycles. The van der Waals surface area contributed by atoms with Crippen molar-refractivity contribution in [2.45, 2.75) is 6.92 Å². The Balaban J connectivity index is 1.45. The Morgan fingerprint density at radius 2 is 0.951 bits per heavy atom. The maximum atomic E-state index is 9.89. The molecular weight excluding hydrogens is 502 g/mol. The minimum absolute atomic E-state index is 0.499. The smallest absolute Gasteiger partial charge is 0.164 e. The lowest BCUT2D eigenvalue weighted by atomic mass is 9.97. The van der Waals surface area contributed by atoms with Crippen LogP contribution in [0.5, 0.6) is 0 Å². The van der Waals surface area contributed by atoms with E-state index in [1.807, 2.05) is 116 Å². The lowest BCUT2D eigenvalue weighted by molar-refractivity contribution is 1.07. The summed E-state index contributed by atoms with van der Waals surface area (Å²) in [6.45, 7) is 2.04. The molecule has 1 heterocycles. The Bertz CT molecular complexity index is 1960. The molecule has 0 aliphatic carbocycles. The minimum Gasteiger partial charge on any atom is -0.208 e. The standard InChI is InChI=1S/C36H23N5/c1-24-7-5-12-31(17-24)35-39-34(29-9-3-2-4-10-29)40-36(41-35)33-20-26(23-38)19-32(21-33)28-15-13-27(14-16-28)30-11-6-8-25(18-30)22-37/h2-21H,1H3. The van der Waals surface area contributed by atoms with Crippen molar-refractivity contribution in [3.63, 3.8) is 0 Å². The van der Waals surface area contributed by atoms with E-state index in [-0.39, 0.29) is 0 Å². The Morgan fingerprint density at radius 3 is 1.63 bits per heavy atom. The summed E-state index contributed by atoms with van der Waals surface area (Å²) in [6.07, 6.45) is 0. The molecule has 0 saturated carbocycles. The highest BCUT2D eigenvalue weighted by Gasteiger charge is 2.14. The van der Waals surface area contributed by atoms with E-state index in [1.165, 1.54) is 0 Å². The maximum absolute atomic E-state index is 9.89. The molecule has 0 aliphatic rings. The van der Waals surface area contributed by atoms with E-state index < -0.39 is 0 Å². The topological polar surface area (TPSA) is 86.2 Å². The van der Waals surface area contributed by atoms with Crippen molar-refractivity contribution in [1.82, 2.24) is 15.0 Å². The zero-order valence-corrected chi connectivity index (χ0v) is 22.3. The first-order chi connectivity index (χ1) is 20.1. The summed E-state index contributed by atoms with van der Waals surface area (Å²) in [5.41, 5.74) is 8.60. The molecule has 6 aromatic rings. The Labute approximate surface area is 238 Å². The first-order valence-electron chi connectivity index (χ1n) is 13.1. The van der Waals surface area contributed by atoms with Gasteiger partial charge < -0.3 is 0 Å². The molecule has 0 bridgehead atoms. The fraction of sp³-hybridized carbons (Fsp3) is 0.0278. The molecule has 0 unspecified atom stereocenters. The van der Waals surface area contributed by atoms with Gasteiger partial charge in [0.1, 0.15) is 0 Å². The lowest BCUT2D eigenvalue weighted by Gasteiger charge is -2.11. The summed E-state index contributed by atoms with van der Waals surface area (Å²) in [4.78, 5) is 14.5. The summed E-state index contributed by atoms with van der Waals surface area (Å²) in [6, 6.07) is 43.7. The minimum atomic E-state index is 0.499. The SMILES string of the molecule is Cc1cccc(-c2nc(-c3ccccc3)nc(-c3cc(C#N)cc(-c4ccc(-c5cccc(C#N)c5)cc4)c3)n2)c1. The van der Waals surface area contributed by atoms with Crippen molar-refractivity contribution in [3.8, 4) is 68.6 Å². The lowest BCUT2D eigenvalue weighted by Crippen LogP contribution is -2.00. The van der Waals surface area contributed by atoms with Crippen LogP contribution in [0, 0.1) is 29.6 Å². The summed E-state index contributed by atoms with van der Waals surface area (Å²) in [7, 11) is 0. The summed E-state index contributed by atoms with van der Waals surface area (Å²) in [5.74, 6) is 1.64. The fourth-order valence-corrected chi connectivity index (χ4v) is 4.75. The number of aryl methyl sites for hydroxylation is 1. The number of nitriles is 2. The highest BCUT2D eigenvalue weighted by atomic mass is 15.0. The molecule has 0 fully saturated rings. The Hall–Kier alpha value is -5.91. The monoisotopic (exact) mass is 525 g/mol. The largest absolute Gasteiger partial charge is 0.208 e. The van der Waals surface area contributed by atoms with Crippen molar-refractivity contribution in [1.29, 1.82) is 10.5 Å².